The van der Waals surface area contributed by atoms with Gasteiger partial charge in [-0.15, -0.1) is 11.8 Å². The van der Waals surface area contributed by atoms with Gasteiger partial charge in [0.05, 0.1) is 17.5 Å². The molecular weight excluding hydrogens is 398 g/mol. The first kappa shape index (κ1) is 19.5. The van der Waals surface area contributed by atoms with Crippen molar-refractivity contribution in [1.82, 2.24) is 0 Å². The summed E-state index contributed by atoms with van der Waals surface area (Å²) in [7, 11) is 0. The number of nitrogens with one attached hydrogen (secondary N) is 1. The first-order valence-corrected chi connectivity index (χ1v) is 9.89. The smallest absolute Gasteiger partial charge is 0.279 e. The van der Waals surface area contributed by atoms with Gasteiger partial charge in [-0.25, -0.2) is 0 Å². The van der Waals surface area contributed by atoms with Gasteiger partial charge in [-0.3, -0.25) is 4.79 Å². The summed E-state index contributed by atoms with van der Waals surface area (Å²) in [6, 6.07) is 18.1. The van der Waals surface area contributed by atoms with Crippen LogP contribution in [0.2, 0.25) is 0 Å². The number of para-hydroxylation sites is 1. The van der Waals surface area contributed by atoms with E-state index in [9.17, 15) is 4.79 Å². The highest BCUT2D eigenvalue weighted by atomic mass is 79.9. The van der Waals surface area contributed by atoms with Crippen LogP contribution in [-0.4, -0.2) is 18.2 Å². The molecule has 2 rings (SSSR count). The monoisotopic (exact) mass is 418 g/mol. The fourth-order valence-electron chi connectivity index (χ4n) is 2.50. The van der Waals surface area contributed by atoms with Gasteiger partial charge >= 0.3 is 0 Å². The largest absolute Gasteiger partial charge is 0.332 e. The molecule has 0 aliphatic carbocycles. The molecule has 1 amide bonds. The summed E-state index contributed by atoms with van der Waals surface area (Å²) in [6.45, 7) is 2.47. The van der Waals surface area contributed by atoms with Crippen molar-refractivity contribution in [3.63, 3.8) is 0 Å². The molecule has 0 saturated carbocycles. The van der Waals surface area contributed by atoms with E-state index in [4.69, 9.17) is 5.26 Å². The minimum Gasteiger partial charge on any atom is -0.332 e. The lowest BCUT2D eigenvalue weighted by Gasteiger charge is -2.15. The molecule has 0 heterocycles. The summed E-state index contributed by atoms with van der Waals surface area (Å²) >= 11 is 4.87. The normalized spacial score (nSPS) is 11.6. The third-order valence-electron chi connectivity index (χ3n) is 3.78. The number of anilines is 1. The second kappa shape index (κ2) is 10.2. The van der Waals surface area contributed by atoms with Gasteiger partial charge < -0.3 is 10.6 Å². The van der Waals surface area contributed by atoms with Gasteiger partial charge in [-0.05, 0) is 24.3 Å². The van der Waals surface area contributed by atoms with Gasteiger partial charge in [0.1, 0.15) is 6.04 Å². The average molecular weight is 419 g/mol. The summed E-state index contributed by atoms with van der Waals surface area (Å²) in [5.41, 5.74) is 1.97. The quantitative estimate of drug-likeness (QED) is 0.641. The lowest BCUT2D eigenvalue weighted by molar-refractivity contribution is -0.686. The first-order chi connectivity index (χ1) is 12.1. The van der Waals surface area contributed by atoms with Crippen LogP contribution in [0.5, 0.6) is 0 Å². The summed E-state index contributed by atoms with van der Waals surface area (Å²) < 4.78 is 1.05. The zero-order valence-electron chi connectivity index (χ0n) is 14.0. The average Bonchev–Trinajstić information content (AvgIpc) is 2.63. The molecule has 0 saturated heterocycles. The Balaban J connectivity index is 1.94. The molecule has 25 heavy (non-hydrogen) atoms. The van der Waals surface area contributed by atoms with Crippen LogP contribution >= 0.6 is 27.7 Å². The molecule has 0 radical (unpaired) electrons. The number of halogens is 1. The Hall–Kier alpha value is -1.81. The summed E-state index contributed by atoms with van der Waals surface area (Å²) in [5, 5.41) is 13.7. The van der Waals surface area contributed by atoms with Crippen LogP contribution in [0, 0.1) is 11.3 Å². The van der Waals surface area contributed by atoms with Crippen LogP contribution in [0.25, 0.3) is 0 Å². The number of carbonyl (C=O) groups is 1. The molecule has 0 aliphatic rings. The van der Waals surface area contributed by atoms with Crippen molar-refractivity contribution in [1.29, 1.82) is 5.26 Å². The summed E-state index contributed by atoms with van der Waals surface area (Å²) in [5.74, 6) is 0.320. The Morgan fingerprint density at radius 2 is 2.00 bits per heavy atom. The van der Waals surface area contributed by atoms with Gasteiger partial charge in [0, 0.05) is 21.4 Å². The van der Waals surface area contributed by atoms with Gasteiger partial charge in [0.25, 0.3) is 5.91 Å². The van der Waals surface area contributed by atoms with E-state index in [-0.39, 0.29) is 11.9 Å². The van der Waals surface area contributed by atoms with E-state index in [0.717, 1.165) is 21.5 Å². The number of nitriles is 1. The third kappa shape index (κ3) is 6.20. The van der Waals surface area contributed by atoms with Crippen molar-refractivity contribution in [3.8, 4) is 6.07 Å². The predicted molar refractivity (Wildman–Crippen MR) is 105 cm³/mol. The van der Waals surface area contributed by atoms with Crippen molar-refractivity contribution in [2.45, 2.75) is 24.3 Å². The fraction of sp³-hybridized carbons (Fsp3) is 0.263. The molecule has 6 heteroatoms. The number of nitrogens with zero attached hydrogens (tertiary/aromatic N) is 1. The van der Waals surface area contributed by atoms with Crippen molar-refractivity contribution in [3.05, 3.63) is 58.6 Å². The molecule has 2 aromatic carbocycles. The maximum atomic E-state index is 12.3. The van der Waals surface area contributed by atoms with Crippen molar-refractivity contribution < 1.29 is 10.1 Å². The van der Waals surface area contributed by atoms with Gasteiger partial charge in [-0.2, -0.15) is 5.26 Å². The van der Waals surface area contributed by atoms with Crippen LogP contribution in [0.3, 0.4) is 0 Å². The number of nitrogens with two attached hydrogens (primary N) is 1. The molecule has 0 unspecified atom stereocenters. The fourth-order valence-corrected chi connectivity index (χ4v) is 3.44. The van der Waals surface area contributed by atoms with E-state index in [1.807, 2.05) is 36.4 Å². The maximum absolute atomic E-state index is 12.3. The van der Waals surface area contributed by atoms with Gasteiger partial charge in [0.15, 0.2) is 6.54 Å². The number of benzene rings is 2. The molecule has 0 aromatic heterocycles. The standard InChI is InChI=1S/C19H20BrN3OS/c1-2-16(14-7-9-15(20)10-8-14)22-13-19(24)23-17-5-3-4-6-18(17)25-12-11-21/h3-10,16,22H,2,12-13H2,1H3,(H,23,24)/p+1/t16-/m0/s1. The number of hydrogen-bond donors (Lipinski definition) is 2. The lowest BCUT2D eigenvalue weighted by atomic mass is 10.0. The van der Waals surface area contributed by atoms with E-state index in [2.05, 4.69) is 51.7 Å². The molecule has 0 bridgehead atoms. The van der Waals surface area contributed by atoms with Crippen LogP contribution in [-0.2, 0) is 4.79 Å². The van der Waals surface area contributed by atoms with E-state index in [0.29, 0.717) is 12.3 Å². The second-order valence-electron chi connectivity index (χ2n) is 5.50. The van der Waals surface area contributed by atoms with E-state index in [1.165, 1.54) is 17.3 Å². The van der Waals surface area contributed by atoms with Crippen molar-refractivity contribution in [2.24, 2.45) is 0 Å². The zero-order valence-corrected chi connectivity index (χ0v) is 16.4. The number of rotatable bonds is 8. The summed E-state index contributed by atoms with van der Waals surface area (Å²) in [4.78, 5) is 13.2. The Labute approximate surface area is 161 Å². The maximum Gasteiger partial charge on any atom is 0.279 e. The predicted octanol–water partition coefficient (Wildman–Crippen LogP) is 3.72. The topological polar surface area (TPSA) is 69.5 Å². The molecule has 0 spiro atoms. The first-order valence-electron chi connectivity index (χ1n) is 8.11. The van der Waals surface area contributed by atoms with Gasteiger partial charge in [-0.1, -0.05) is 47.1 Å². The Bertz CT molecular complexity index is 743. The molecule has 1 atom stereocenters. The molecule has 3 N–H and O–H groups in total. The SMILES string of the molecule is CC[C@H]([NH2+]CC(=O)Nc1ccccc1SCC#N)c1ccc(Br)cc1. The Morgan fingerprint density at radius 3 is 2.68 bits per heavy atom. The minimum absolute atomic E-state index is 0.0411. The molecule has 0 fully saturated rings. The molecule has 2 aromatic rings. The number of quaternary nitrogens is 1. The molecule has 4 nitrogen and oxygen atoms in total. The minimum atomic E-state index is -0.0411. The van der Waals surface area contributed by atoms with E-state index in [1.54, 1.807) is 0 Å². The number of carbonyl (C=O) groups excluding carboxylic acids is 1. The molecule has 130 valence electrons. The highest BCUT2D eigenvalue weighted by Gasteiger charge is 2.15. The highest BCUT2D eigenvalue weighted by molar-refractivity contribution is 9.10. The van der Waals surface area contributed by atoms with Crippen LogP contribution in [0.15, 0.2) is 57.9 Å². The van der Waals surface area contributed by atoms with E-state index >= 15 is 0 Å². The Morgan fingerprint density at radius 1 is 1.28 bits per heavy atom. The molecular formula is C19H21BrN3OS+. The number of amides is 1. The number of hydrogen-bond acceptors (Lipinski definition) is 3. The van der Waals surface area contributed by atoms with Crippen LogP contribution in [0.4, 0.5) is 5.69 Å². The van der Waals surface area contributed by atoms with Crippen molar-refractivity contribution in [2.75, 3.05) is 17.6 Å². The van der Waals surface area contributed by atoms with Crippen LogP contribution < -0.4 is 10.6 Å². The van der Waals surface area contributed by atoms with E-state index < -0.39 is 0 Å². The highest BCUT2D eigenvalue weighted by Crippen LogP contribution is 2.26. The van der Waals surface area contributed by atoms with Crippen molar-refractivity contribution >= 4 is 39.3 Å². The zero-order chi connectivity index (χ0) is 18.1. The Kier molecular flexibility index (Phi) is 7.99. The molecule has 0 aliphatic heterocycles. The van der Waals surface area contributed by atoms with Gasteiger partial charge in [0.2, 0.25) is 0 Å². The van der Waals surface area contributed by atoms with Crippen LogP contribution in [0.1, 0.15) is 24.9 Å². The lowest BCUT2D eigenvalue weighted by Crippen LogP contribution is -2.87. The second-order valence-corrected chi connectivity index (χ2v) is 7.43. The summed E-state index contributed by atoms with van der Waals surface area (Å²) in [6.07, 6.45) is 0.948. The third-order valence-corrected chi connectivity index (χ3v) is 5.25. The number of thioether (sulfide) groups is 1.